The summed E-state index contributed by atoms with van der Waals surface area (Å²) in [4.78, 5) is 14.9. The first-order chi connectivity index (χ1) is 13.4. The van der Waals surface area contributed by atoms with Gasteiger partial charge in [-0.05, 0) is 44.9 Å². The number of allylic oxidation sites excluding steroid dienone is 1. The number of sulfonamides is 1. The summed E-state index contributed by atoms with van der Waals surface area (Å²) in [7, 11) is -3.56. The van der Waals surface area contributed by atoms with E-state index in [9.17, 15) is 13.2 Å². The Balaban J connectivity index is 1.52. The smallest absolute Gasteiger partial charge is 0.256 e. The van der Waals surface area contributed by atoms with E-state index < -0.39 is 10.0 Å². The van der Waals surface area contributed by atoms with E-state index in [0.717, 1.165) is 18.7 Å². The second-order valence-electron chi connectivity index (χ2n) is 8.27. The maximum absolute atomic E-state index is 13.2. The molecule has 6 nitrogen and oxygen atoms in total. The molecule has 1 amide bonds. The Bertz CT molecular complexity index is 905. The molecule has 2 heterocycles. The number of fused-ring (bicyclic) bond motifs is 1. The van der Waals surface area contributed by atoms with E-state index in [1.165, 1.54) is 32.1 Å². The third-order valence-electron chi connectivity index (χ3n) is 6.24. The second kappa shape index (κ2) is 7.61. The molecular formula is C21H29N3O3S. The number of anilines is 1. The van der Waals surface area contributed by atoms with Crippen molar-refractivity contribution in [3.8, 4) is 0 Å². The summed E-state index contributed by atoms with van der Waals surface area (Å²) in [5, 5.41) is 2.82. The summed E-state index contributed by atoms with van der Waals surface area (Å²) < 4.78 is 28.0. The predicted molar refractivity (Wildman–Crippen MR) is 111 cm³/mol. The van der Waals surface area contributed by atoms with Crippen LogP contribution in [0.1, 0.15) is 51.5 Å². The number of amides is 1. The average molecular weight is 404 g/mol. The molecule has 0 unspecified atom stereocenters. The molecule has 1 aromatic rings. The molecule has 1 saturated carbocycles. The highest BCUT2D eigenvalue weighted by molar-refractivity contribution is 7.89. The number of carbonyl (C=O) groups excluding carboxylic acids is 1. The minimum absolute atomic E-state index is 0.161. The Kier molecular flexibility index (Phi) is 5.33. The molecule has 1 aliphatic carbocycles. The van der Waals surface area contributed by atoms with Gasteiger partial charge in [0.15, 0.2) is 0 Å². The maximum Gasteiger partial charge on any atom is 0.256 e. The van der Waals surface area contributed by atoms with Gasteiger partial charge in [0.1, 0.15) is 0 Å². The van der Waals surface area contributed by atoms with Crippen LogP contribution in [0.5, 0.6) is 0 Å². The number of nitrogens with zero attached hydrogens (tertiary/aromatic N) is 2. The molecular weight excluding hydrogens is 374 g/mol. The van der Waals surface area contributed by atoms with Gasteiger partial charge in [-0.25, -0.2) is 8.42 Å². The van der Waals surface area contributed by atoms with Gasteiger partial charge in [0, 0.05) is 49.0 Å². The Morgan fingerprint density at radius 2 is 1.71 bits per heavy atom. The fraction of sp³-hybridized carbons (Fsp3) is 0.571. The molecule has 1 aromatic carbocycles. The molecule has 0 bridgehead atoms. The van der Waals surface area contributed by atoms with Crippen molar-refractivity contribution in [1.29, 1.82) is 0 Å². The van der Waals surface area contributed by atoms with Crippen molar-refractivity contribution in [2.45, 2.75) is 56.9 Å². The second-order valence-corrected chi connectivity index (χ2v) is 10.2. The van der Waals surface area contributed by atoms with Gasteiger partial charge >= 0.3 is 0 Å². The first kappa shape index (κ1) is 19.6. The number of benzene rings is 1. The minimum atomic E-state index is -3.56. The van der Waals surface area contributed by atoms with Crippen LogP contribution in [0.3, 0.4) is 0 Å². The highest BCUT2D eigenvalue weighted by Gasteiger charge is 2.33. The summed E-state index contributed by atoms with van der Waals surface area (Å²) in [6.45, 7) is 6.40. The predicted octanol–water partition coefficient (Wildman–Crippen LogP) is 3.07. The zero-order valence-electron chi connectivity index (χ0n) is 16.7. The SMILES string of the molecule is CC(C)=C1C(=O)Nc2ccc(S(=O)(=O)N3CCN(C4CCCCC4)CC3)cc21. The molecule has 0 aromatic heterocycles. The number of nitrogens with one attached hydrogen (secondary N) is 1. The van der Waals surface area contributed by atoms with Crippen molar-refractivity contribution in [3.63, 3.8) is 0 Å². The van der Waals surface area contributed by atoms with E-state index in [0.29, 0.717) is 36.0 Å². The third-order valence-corrected chi connectivity index (χ3v) is 8.13. The first-order valence-electron chi connectivity index (χ1n) is 10.3. The molecule has 28 heavy (non-hydrogen) atoms. The van der Waals surface area contributed by atoms with Crippen molar-refractivity contribution < 1.29 is 13.2 Å². The molecule has 4 rings (SSSR count). The van der Waals surface area contributed by atoms with Gasteiger partial charge in [0.05, 0.1) is 4.90 Å². The summed E-state index contributed by atoms with van der Waals surface area (Å²) >= 11 is 0. The normalized spacial score (nSPS) is 22.2. The van der Waals surface area contributed by atoms with Crippen LogP contribution in [-0.4, -0.2) is 55.8 Å². The van der Waals surface area contributed by atoms with Gasteiger partial charge < -0.3 is 5.32 Å². The highest BCUT2D eigenvalue weighted by Crippen LogP contribution is 2.36. The van der Waals surface area contributed by atoms with E-state index in [-0.39, 0.29) is 10.8 Å². The average Bonchev–Trinajstić information content (AvgIpc) is 3.04. The fourth-order valence-electron chi connectivity index (χ4n) is 4.71. The monoisotopic (exact) mass is 403 g/mol. The molecule has 0 radical (unpaired) electrons. The summed E-state index contributed by atoms with van der Waals surface area (Å²) in [6.07, 6.45) is 6.39. The van der Waals surface area contributed by atoms with E-state index in [2.05, 4.69) is 10.2 Å². The van der Waals surface area contributed by atoms with Crippen LogP contribution < -0.4 is 5.32 Å². The number of hydrogen-bond donors (Lipinski definition) is 1. The van der Waals surface area contributed by atoms with E-state index in [1.807, 2.05) is 13.8 Å². The number of carbonyl (C=O) groups is 1. The van der Waals surface area contributed by atoms with Crippen LogP contribution in [0, 0.1) is 0 Å². The van der Waals surface area contributed by atoms with Crippen LogP contribution >= 0.6 is 0 Å². The Hall–Kier alpha value is -1.70. The van der Waals surface area contributed by atoms with Crippen molar-refractivity contribution in [1.82, 2.24) is 9.21 Å². The van der Waals surface area contributed by atoms with E-state index >= 15 is 0 Å². The highest BCUT2D eigenvalue weighted by atomic mass is 32.2. The quantitative estimate of drug-likeness (QED) is 0.788. The lowest BCUT2D eigenvalue weighted by molar-refractivity contribution is -0.110. The lowest BCUT2D eigenvalue weighted by Crippen LogP contribution is -2.52. The van der Waals surface area contributed by atoms with Gasteiger partial charge in [-0.15, -0.1) is 0 Å². The molecule has 0 spiro atoms. The molecule has 0 atom stereocenters. The standard InChI is InChI=1S/C21H29N3O3S/c1-15(2)20-18-14-17(8-9-19(18)22-21(20)25)28(26,27)24-12-10-23(11-13-24)16-6-4-3-5-7-16/h8-9,14,16H,3-7,10-13H2,1-2H3,(H,22,25). The summed E-state index contributed by atoms with van der Waals surface area (Å²) in [5.74, 6) is -0.161. The molecule has 2 aliphatic heterocycles. The van der Waals surface area contributed by atoms with Crippen molar-refractivity contribution in [2.24, 2.45) is 0 Å². The van der Waals surface area contributed by atoms with Crippen LogP contribution in [0.4, 0.5) is 5.69 Å². The Morgan fingerprint density at radius 3 is 2.36 bits per heavy atom. The third kappa shape index (κ3) is 3.51. The van der Waals surface area contributed by atoms with E-state index in [1.54, 1.807) is 22.5 Å². The van der Waals surface area contributed by atoms with Crippen LogP contribution in [0.15, 0.2) is 28.7 Å². The lowest BCUT2D eigenvalue weighted by Gasteiger charge is -2.40. The molecule has 7 heteroatoms. The molecule has 152 valence electrons. The topological polar surface area (TPSA) is 69.7 Å². The van der Waals surface area contributed by atoms with Crippen LogP contribution in [0.2, 0.25) is 0 Å². The van der Waals surface area contributed by atoms with Gasteiger partial charge in [0.25, 0.3) is 5.91 Å². The van der Waals surface area contributed by atoms with Crippen LogP contribution in [0.25, 0.3) is 5.57 Å². The largest absolute Gasteiger partial charge is 0.321 e. The van der Waals surface area contributed by atoms with Crippen molar-refractivity contribution >= 4 is 27.2 Å². The van der Waals surface area contributed by atoms with Gasteiger partial charge in [-0.2, -0.15) is 4.31 Å². The molecule has 3 aliphatic rings. The Morgan fingerprint density at radius 1 is 1.04 bits per heavy atom. The lowest BCUT2D eigenvalue weighted by atomic mass is 9.94. The summed E-state index contributed by atoms with van der Waals surface area (Å²) in [5.41, 5.74) is 2.83. The first-order valence-corrected chi connectivity index (χ1v) is 11.7. The van der Waals surface area contributed by atoms with Gasteiger partial charge in [-0.3, -0.25) is 9.69 Å². The zero-order valence-corrected chi connectivity index (χ0v) is 17.5. The maximum atomic E-state index is 13.2. The van der Waals surface area contributed by atoms with Crippen molar-refractivity contribution in [3.05, 3.63) is 29.3 Å². The number of rotatable bonds is 3. The minimum Gasteiger partial charge on any atom is -0.321 e. The summed E-state index contributed by atoms with van der Waals surface area (Å²) in [6, 6.07) is 5.58. The number of piperazine rings is 1. The van der Waals surface area contributed by atoms with E-state index in [4.69, 9.17) is 0 Å². The fourth-order valence-corrected chi connectivity index (χ4v) is 6.16. The van der Waals surface area contributed by atoms with Crippen LogP contribution in [-0.2, 0) is 14.8 Å². The molecule has 2 fully saturated rings. The molecule has 1 N–H and O–H groups in total. The zero-order chi connectivity index (χ0) is 19.9. The number of hydrogen-bond acceptors (Lipinski definition) is 4. The van der Waals surface area contributed by atoms with Crippen molar-refractivity contribution in [2.75, 3.05) is 31.5 Å². The van der Waals surface area contributed by atoms with Gasteiger partial charge in [-0.1, -0.05) is 24.8 Å². The van der Waals surface area contributed by atoms with Gasteiger partial charge in [0.2, 0.25) is 10.0 Å². The Labute approximate surface area is 167 Å². The molecule has 1 saturated heterocycles.